The predicted octanol–water partition coefficient (Wildman–Crippen LogP) is 2.91. The quantitative estimate of drug-likeness (QED) is 0.457. The van der Waals surface area contributed by atoms with E-state index in [4.69, 9.17) is 9.47 Å². The number of methoxy groups -OCH3 is 1. The minimum atomic E-state index is -0.755. The highest BCUT2D eigenvalue weighted by Gasteiger charge is 2.25. The van der Waals surface area contributed by atoms with Crippen molar-refractivity contribution >= 4 is 23.7 Å². The molecule has 0 radical (unpaired) electrons. The molecule has 0 saturated heterocycles. The van der Waals surface area contributed by atoms with Gasteiger partial charge in [-0.1, -0.05) is 26.0 Å². The van der Waals surface area contributed by atoms with E-state index in [-0.39, 0.29) is 30.8 Å². The van der Waals surface area contributed by atoms with Gasteiger partial charge in [-0.3, -0.25) is 14.4 Å². The summed E-state index contributed by atoms with van der Waals surface area (Å²) in [6.07, 6.45) is 4.46. The number of carbonyl (C=O) groups excluding carboxylic acids is 4. The fourth-order valence-electron chi connectivity index (χ4n) is 4.76. The topological polar surface area (TPSA) is 132 Å². The van der Waals surface area contributed by atoms with E-state index in [0.717, 1.165) is 11.4 Å². The van der Waals surface area contributed by atoms with Crippen molar-refractivity contribution in [3.8, 4) is 17.1 Å². The zero-order valence-electron chi connectivity index (χ0n) is 24.2. The Bertz CT molecular complexity index is 1400. The Morgan fingerprint density at radius 3 is 2.60 bits per heavy atom. The number of amides is 3. The van der Waals surface area contributed by atoms with Crippen LogP contribution in [0.2, 0.25) is 0 Å². The van der Waals surface area contributed by atoms with E-state index >= 15 is 0 Å². The molecule has 2 N–H and O–H groups in total. The second-order valence-electron chi connectivity index (χ2n) is 10.5. The van der Waals surface area contributed by atoms with E-state index < -0.39 is 17.9 Å². The maximum Gasteiger partial charge on any atom is 0.337 e. The monoisotopic (exact) mass is 575 g/mol. The standard InChI is InChI=1S/C31H37N5O6/c1-21(2)18-26-29(38)33-13-16-35-15-12-32-28(35)24-6-4-7-25(19-24)42-17-5-14-36(20-27(37)34-26)30(39)22-8-10-23(11-9-22)31(40)41-3/h4,6-12,15,19,21,26H,5,13-14,16-18,20H2,1-3H3,(H,33,38)(H,34,37)/t26-/m1/s1. The van der Waals surface area contributed by atoms with Gasteiger partial charge in [0.05, 0.1) is 25.8 Å². The molecule has 11 nitrogen and oxygen atoms in total. The molecular weight excluding hydrogens is 538 g/mol. The van der Waals surface area contributed by atoms with Gasteiger partial charge in [-0.2, -0.15) is 0 Å². The Kier molecular flexibility index (Phi) is 10.3. The first-order valence-corrected chi connectivity index (χ1v) is 14.0. The highest BCUT2D eigenvalue weighted by atomic mass is 16.5. The van der Waals surface area contributed by atoms with Crippen molar-refractivity contribution in [1.82, 2.24) is 25.1 Å². The number of hydrogen-bond acceptors (Lipinski definition) is 7. The van der Waals surface area contributed by atoms with Gasteiger partial charge in [0.25, 0.3) is 5.91 Å². The summed E-state index contributed by atoms with van der Waals surface area (Å²) in [5.41, 5.74) is 1.51. The lowest BCUT2D eigenvalue weighted by Crippen LogP contribution is -2.51. The Morgan fingerprint density at radius 2 is 1.86 bits per heavy atom. The minimum Gasteiger partial charge on any atom is -0.494 e. The number of nitrogens with zero attached hydrogens (tertiary/aromatic N) is 3. The normalized spacial score (nSPS) is 16.8. The molecule has 2 heterocycles. The van der Waals surface area contributed by atoms with Crippen LogP contribution in [0.1, 0.15) is 47.4 Å². The number of aromatic nitrogens is 2. The van der Waals surface area contributed by atoms with E-state index in [1.54, 1.807) is 6.20 Å². The Labute approximate surface area is 245 Å². The van der Waals surface area contributed by atoms with Gasteiger partial charge < -0.3 is 29.6 Å². The van der Waals surface area contributed by atoms with Gasteiger partial charge in [-0.25, -0.2) is 9.78 Å². The number of benzene rings is 2. The molecule has 3 amide bonds. The van der Waals surface area contributed by atoms with Crippen molar-refractivity contribution < 1.29 is 28.7 Å². The van der Waals surface area contributed by atoms with E-state index in [9.17, 15) is 19.2 Å². The number of nitrogens with one attached hydrogen (secondary N) is 2. The number of esters is 1. The van der Waals surface area contributed by atoms with Crippen LogP contribution in [-0.2, 0) is 20.9 Å². The molecule has 0 fully saturated rings. The summed E-state index contributed by atoms with van der Waals surface area (Å²) in [5.74, 6) is -0.0674. The van der Waals surface area contributed by atoms with Crippen LogP contribution in [0.15, 0.2) is 60.9 Å². The third-order valence-electron chi connectivity index (χ3n) is 6.83. The van der Waals surface area contributed by atoms with Crippen LogP contribution in [0.4, 0.5) is 0 Å². The lowest BCUT2D eigenvalue weighted by Gasteiger charge is -2.25. The number of rotatable bonds is 4. The van der Waals surface area contributed by atoms with Crippen LogP contribution in [0, 0.1) is 5.92 Å². The highest BCUT2D eigenvalue weighted by Crippen LogP contribution is 2.23. The predicted molar refractivity (Wildman–Crippen MR) is 156 cm³/mol. The Hall–Kier alpha value is -4.67. The van der Waals surface area contributed by atoms with Gasteiger partial charge in [-0.05, 0) is 55.2 Å². The second-order valence-corrected chi connectivity index (χ2v) is 10.5. The van der Waals surface area contributed by atoms with Gasteiger partial charge in [0.15, 0.2) is 0 Å². The fourth-order valence-corrected chi connectivity index (χ4v) is 4.76. The maximum atomic E-state index is 13.5. The lowest BCUT2D eigenvalue weighted by atomic mass is 10.0. The molecule has 3 aromatic rings. The molecule has 1 atom stereocenters. The van der Waals surface area contributed by atoms with Crippen molar-refractivity contribution in [2.75, 3.05) is 33.4 Å². The van der Waals surface area contributed by atoms with Crippen LogP contribution < -0.4 is 15.4 Å². The zero-order valence-corrected chi connectivity index (χ0v) is 24.2. The molecule has 1 aliphatic heterocycles. The molecule has 11 heteroatoms. The van der Waals surface area contributed by atoms with Crippen LogP contribution in [0.25, 0.3) is 11.4 Å². The number of imidazole rings is 1. The average molecular weight is 576 g/mol. The van der Waals surface area contributed by atoms with Crippen molar-refractivity contribution in [2.24, 2.45) is 5.92 Å². The number of fused-ring (bicyclic) bond motifs is 4. The highest BCUT2D eigenvalue weighted by molar-refractivity contribution is 5.98. The van der Waals surface area contributed by atoms with Crippen molar-refractivity contribution in [3.63, 3.8) is 0 Å². The van der Waals surface area contributed by atoms with Gasteiger partial charge in [0.2, 0.25) is 11.8 Å². The largest absolute Gasteiger partial charge is 0.494 e. The SMILES string of the molecule is COC(=O)c1ccc(C(=O)N2CCCOc3cccc(c3)-c3nccn3CCNC(=O)[C@@H](CC(C)C)NC(=O)C2)cc1. The van der Waals surface area contributed by atoms with Crippen LogP contribution in [-0.4, -0.2) is 77.5 Å². The van der Waals surface area contributed by atoms with Gasteiger partial charge >= 0.3 is 5.97 Å². The fraction of sp³-hybridized carbons (Fsp3) is 0.387. The molecule has 0 saturated carbocycles. The second kappa shape index (κ2) is 14.3. The molecule has 4 rings (SSSR count). The van der Waals surface area contributed by atoms with Crippen molar-refractivity contribution in [2.45, 2.75) is 39.3 Å². The smallest absolute Gasteiger partial charge is 0.337 e. The van der Waals surface area contributed by atoms with Crippen LogP contribution >= 0.6 is 0 Å². The molecule has 1 aromatic heterocycles. The lowest BCUT2D eigenvalue weighted by molar-refractivity contribution is -0.129. The molecule has 1 aliphatic rings. The number of ether oxygens (including phenoxy) is 2. The summed E-state index contributed by atoms with van der Waals surface area (Å²) in [6.45, 7) is 5.09. The maximum absolute atomic E-state index is 13.5. The Morgan fingerprint density at radius 1 is 1.10 bits per heavy atom. The van der Waals surface area contributed by atoms with Crippen molar-refractivity contribution in [3.05, 3.63) is 72.1 Å². The Balaban J connectivity index is 1.58. The first kappa shape index (κ1) is 30.3. The summed E-state index contributed by atoms with van der Waals surface area (Å²) < 4.78 is 12.7. The van der Waals surface area contributed by atoms with E-state index in [1.165, 1.54) is 36.3 Å². The molecule has 222 valence electrons. The van der Waals surface area contributed by atoms with E-state index in [1.807, 2.05) is 48.9 Å². The number of carbonyl (C=O) groups is 4. The molecule has 42 heavy (non-hydrogen) atoms. The van der Waals surface area contributed by atoms with E-state index in [0.29, 0.717) is 49.4 Å². The molecule has 0 unspecified atom stereocenters. The summed E-state index contributed by atoms with van der Waals surface area (Å²) in [6, 6.07) is 12.9. The third kappa shape index (κ3) is 7.96. The minimum absolute atomic E-state index is 0.148. The third-order valence-corrected chi connectivity index (χ3v) is 6.83. The van der Waals surface area contributed by atoms with Crippen LogP contribution in [0.3, 0.4) is 0 Å². The summed E-state index contributed by atoms with van der Waals surface area (Å²) in [5, 5.41) is 5.77. The molecule has 0 aliphatic carbocycles. The first-order valence-electron chi connectivity index (χ1n) is 14.0. The van der Waals surface area contributed by atoms with E-state index in [2.05, 4.69) is 15.6 Å². The molecule has 0 spiro atoms. The summed E-state index contributed by atoms with van der Waals surface area (Å²) in [4.78, 5) is 57.6. The summed E-state index contributed by atoms with van der Waals surface area (Å²) >= 11 is 0. The average Bonchev–Trinajstić information content (AvgIpc) is 3.45. The van der Waals surface area contributed by atoms with Gasteiger partial charge in [0, 0.05) is 43.2 Å². The summed E-state index contributed by atoms with van der Waals surface area (Å²) in [7, 11) is 1.29. The van der Waals surface area contributed by atoms with Crippen molar-refractivity contribution in [1.29, 1.82) is 0 Å². The first-order chi connectivity index (χ1) is 20.2. The van der Waals surface area contributed by atoms with Gasteiger partial charge in [-0.15, -0.1) is 0 Å². The van der Waals surface area contributed by atoms with Crippen LogP contribution in [0.5, 0.6) is 5.75 Å². The zero-order chi connectivity index (χ0) is 30.1. The number of hydrogen-bond donors (Lipinski definition) is 2. The molecular formula is C31H37N5O6. The molecule has 2 bridgehead atoms. The van der Waals surface area contributed by atoms with Gasteiger partial charge in [0.1, 0.15) is 17.6 Å². The molecule has 2 aromatic carbocycles.